The van der Waals surface area contributed by atoms with Crippen molar-refractivity contribution in [1.29, 1.82) is 0 Å². The number of pyridine rings is 1. The highest BCUT2D eigenvalue weighted by Gasteiger charge is 2.39. The highest BCUT2D eigenvalue weighted by Crippen LogP contribution is 2.35. The van der Waals surface area contributed by atoms with Gasteiger partial charge < -0.3 is 5.32 Å². The van der Waals surface area contributed by atoms with Crippen LogP contribution in [-0.4, -0.2) is 10.9 Å². The van der Waals surface area contributed by atoms with Crippen LogP contribution in [0.15, 0.2) is 12.1 Å². The van der Waals surface area contributed by atoms with E-state index in [2.05, 4.69) is 10.3 Å². The largest absolute Gasteiger partial charge is 0.324 e. The third-order valence-corrected chi connectivity index (χ3v) is 2.44. The highest BCUT2D eigenvalue weighted by atomic mass is 16.2. The van der Waals surface area contributed by atoms with Crippen molar-refractivity contribution in [2.75, 3.05) is 5.32 Å². The molecule has 0 saturated heterocycles. The number of nitrogens with one attached hydrogen (secondary N) is 1. The molecule has 2 heterocycles. The van der Waals surface area contributed by atoms with Gasteiger partial charge in [-0.15, -0.1) is 0 Å². The van der Waals surface area contributed by atoms with E-state index >= 15 is 0 Å². The molecule has 0 bridgehead atoms. The Bertz CT molecular complexity index is 383. The second kappa shape index (κ2) is 2.31. The smallest absolute Gasteiger partial charge is 0.236 e. The maximum atomic E-state index is 11.5. The normalized spacial score (nSPS) is 18.2. The first-order valence-corrected chi connectivity index (χ1v) is 4.31. The number of aryl methyl sites for hydroxylation is 1. The van der Waals surface area contributed by atoms with Gasteiger partial charge in [0.15, 0.2) is 0 Å². The van der Waals surface area contributed by atoms with Crippen LogP contribution in [0, 0.1) is 6.92 Å². The second-order valence-electron chi connectivity index (χ2n) is 3.93. The molecule has 0 radical (unpaired) electrons. The van der Waals surface area contributed by atoms with Gasteiger partial charge in [0.1, 0.15) is 0 Å². The van der Waals surface area contributed by atoms with Gasteiger partial charge in [-0.1, -0.05) is 0 Å². The van der Waals surface area contributed by atoms with E-state index in [-0.39, 0.29) is 5.91 Å². The highest BCUT2D eigenvalue weighted by molar-refractivity contribution is 6.04. The van der Waals surface area contributed by atoms with Gasteiger partial charge >= 0.3 is 0 Å². The summed E-state index contributed by atoms with van der Waals surface area (Å²) in [6.45, 7) is 5.71. The Morgan fingerprint density at radius 1 is 1.38 bits per heavy atom. The summed E-state index contributed by atoms with van der Waals surface area (Å²) in [5.41, 5.74) is 2.17. The summed E-state index contributed by atoms with van der Waals surface area (Å²) in [5.74, 6) is 0.0283. The zero-order valence-corrected chi connectivity index (χ0v) is 8.01. The third kappa shape index (κ3) is 1.03. The Kier molecular flexibility index (Phi) is 1.46. The third-order valence-electron chi connectivity index (χ3n) is 2.44. The van der Waals surface area contributed by atoms with Crippen molar-refractivity contribution in [3.8, 4) is 0 Å². The van der Waals surface area contributed by atoms with Crippen LogP contribution in [0.1, 0.15) is 25.2 Å². The molecule has 0 aliphatic carbocycles. The molecule has 0 spiro atoms. The average Bonchev–Trinajstić information content (AvgIpc) is 2.27. The van der Waals surface area contributed by atoms with Crippen LogP contribution in [0.3, 0.4) is 0 Å². The van der Waals surface area contributed by atoms with Gasteiger partial charge in [-0.2, -0.15) is 0 Å². The van der Waals surface area contributed by atoms with Crippen LogP contribution in [0.5, 0.6) is 0 Å². The predicted octanol–water partition coefficient (Wildman–Crippen LogP) is 1.62. The molecule has 1 aliphatic heterocycles. The summed E-state index contributed by atoms with van der Waals surface area (Å²) in [6, 6.07) is 3.81. The molecule has 0 atom stereocenters. The van der Waals surface area contributed by atoms with Crippen molar-refractivity contribution < 1.29 is 4.79 Å². The van der Waals surface area contributed by atoms with Crippen molar-refractivity contribution >= 4 is 11.6 Å². The molecule has 3 nitrogen and oxygen atoms in total. The minimum atomic E-state index is -0.485. The number of carbonyl (C=O) groups is 1. The summed E-state index contributed by atoms with van der Waals surface area (Å²) >= 11 is 0. The number of rotatable bonds is 0. The molecule has 3 heteroatoms. The van der Waals surface area contributed by atoms with Crippen LogP contribution in [0.2, 0.25) is 0 Å². The summed E-state index contributed by atoms with van der Waals surface area (Å²) < 4.78 is 0. The molecule has 1 aromatic rings. The number of hydrogen-bond donors (Lipinski definition) is 1. The molecule has 1 N–H and O–H groups in total. The number of carbonyl (C=O) groups excluding carboxylic acids is 1. The van der Waals surface area contributed by atoms with Crippen molar-refractivity contribution in [2.24, 2.45) is 0 Å². The maximum absolute atomic E-state index is 11.5. The van der Waals surface area contributed by atoms with E-state index in [0.717, 1.165) is 17.1 Å². The Hall–Kier alpha value is -1.38. The van der Waals surface area contributed by atoms with E-state index in [1.165, 1.54) is 0 Å². The van der Waals surface area contributed by atoms with Crippen LogP contribution < -0.4 is 5.32 Å². The zero-order chi connectivity index (χ0) is 9.64. The van der Waals surface area contributed by atoms with E-state index < -0.39 is 5.41 Å². The Morgan fingerprint density at radius 3 is 2.77 bits per heavy atom. The second-order valence-corrected chi connectivity index (χ2v) is 3.93. The molecule has 68 valence electrons. The summed E-state index contributed by atoms with van der Waals surface area (Å²) in [6.07, 6.45) is 0. The lowest BCUT2D eigenvalue weighted by atomic mass is 9.90. The molecule has 2 rings (SSSR count). The van der Waals surface area contributed by atoms with Gasteiger partial charge in [0, 0.05) is 5.69 Å². The fourth-order valence-corrected chi connectivity index (χ4v) is 1.52. The summed E-state index contributed by atoms with van der Waals surface area (Å²) in [5, 5.41) is 2.81. The van der Waals surface area contributed by atoms with Gasteiger partial charge in [0.25, 0.3) is 0 Å². The zero-order valence-electron chi connectivity index (χ0n) is 8.01. The number of fused-ring (bicyclic) bond motifs is 1. The van der Waals surface area contributed by atoms with Crippen molar-refractivity contribution in [3.63, 3.8) is 0 Å². The summed E-state index contributed by atoms with van der Waals surface area (Å²) in [7, 11) is 0. The molecular formula is C10H12N2O. The number of aromatic nitrogens is 1. The maximum Gasteiger partial charge on any atom is 0.236 e. The summed E-state index contributed by atoms with van der Waals surface area (Å²) in [4.78, 5) is 15.9. The standard InChI is InChI=1S/C10H12N2O/c1-6-4-5-7-8(11-6)10(2,3)9(13)12-7/h4-5H,1-3H3,(H,12,13). The average molecular weight is 176 g/mol. The van der Waals surface area contributed by atoms with Crippen LogP contribution in [0.25, 0.3) is 0 Å². The molecule has 1 aromatic heterocycles. The first-order valence-electron chi connectivity index (χ1n) is 4.31. The Labute approximate surface area is 77.2 Å². The van der Waals surface area contributed by atoms with E-state index in [0.29, 0.717) is 0 Å². The van der Waals surface area contributed by atoms with E-state index in [9.17, 15) is 4.79 Å². The lowest BCUT2D eigenvalue weighted by Crippen LogP contribution is -2.27. The van der Waals surface area contributed by atoms with Gasteiger partial charge in [-0.25, -0.2) is 0 Å². The molecule has 0 fully saturated rings. The lowest BCUT2D eigenvalue weighted by molar-refractivity contribution is -0.119. The van der Waals surface area contributed by atoms with Gasteiger partial charge in [-0.05, 0) is 32.9 Å². The monoisotopic (exact) mass is 176 g/mol. The minimum absolute atomic E-state index is 0.0283. The fourth-order valence-electron chi connectivity index (χ4n) is 1.52. The van der Waals surface area contributed by atoms with E-state index in [1.807, 2.05) is 32.9 Å². The SMILES string of the molecule is Cc1ccc2c(n1)C(C)(C)C(=O)N2. The number of hydrogen-bond acceptors (Lipinski definition) is 2. The Morgan fingerprint density at radius 2 is 2.08 bits per heavy atom. The van der Waals surface area contributed by atoms with Crippen molar-refractivity contribution in [1.82, 2.24) is 4.98 Å². The fraction of sp³-hybridized carbons (Fsp3) is 0.400. The number of nitrogens with zero attached hydrogens (tertiary/aromatic N) is 1. The predicted molar refractivity (Wildman–Crippen MR) is 50.6 cm³/mol. The number of amides is 1. The van der Waals surface area contributed by atoms with E-state index in [4.69, 9.17) is 0 Å². The molecule has 0 unspecified atom stereocenters. The quantitative estimate of drug-likeness (QED) is 0.652. The molecular weight excluding hydrogens is 164 g/mol. The topological polar surface area (TPSA) is 42.0 Å². The molecule has 0 saturated carbocycles. The van der Waals surface area contributed by atoms with Gasteiger partial charge in [-0.3, -0.25) is 9.78 Å². The molecule has 13 heavy (non-hydrogen) atoms. The van der Waals surface area contributed by atoms with Crippen LogP contribution >= 0.6 is 0 Å². The molecule has 1 aliphatic rings. The lowest BCUT2D eigenvalue weighted by Gasteiger charge is -2.13. The van der Waals surface area contributed by atoms with Crippen LogP contribution in [0.4, 0.5) is 5.69 Å². The first kappa shape index (κ1) is 8.23. The molecule has 1 amide bonds. The number of anilines is 1. The first-order chi connectivity index (χ1) is 6.01. The minimum Gasteiger partial charge on any atom is -0.324 e. The van der Waals surface area contributed by atoms with Gasteiger partial charge in [0.05, 0.1) is 16.8 Å². The van der Waals surface area contributed by atoms with Crippen LogP contribution in [-0.2, 0) is 10.2 Å². The van der Waals surface area contributed by atoms with Gasteiger partial charge in [0.2, 0.25) is 5.91 Å². The van der Waals surface area contributed by atoms with E-state index in [1.54, 1.807) is 0 Å². The van der Waals surface area contributed by atoms with Crippen molar-refractivity contribution in [3.05, 3.63) is 23.5 Å². The Balaban J connectivity index is 2.64. The van der Waals surface area contributed by atoms with Crippen molar-refractivity contribution in [2.45, 2.75) is 26.2 Å². The molecule has 0 aromatic carbocycles.